The Bertz CT molecular complexity index is 1150. The van der Waals surface area contributed by atoms with E-state index in [1.165, 1.54) is 42.5 Å². The van der Waals surface area contributed by atoms with Gasteiger partial charge in [0.15, 0.2) is 6.61 Å². The normalized spacial score (nSPS) is 10.7. The van der Waals surface area contributed by atoms with Gasteiger partial charge in [-0.3, -0.25) is 20.4 Å². The molecule has 3 aromatic rings. The molecule has 3 rings (SSSR count). The quantitative estimate of drug-likeness (QED) is 0.586. The highest BCUT2D eigenvalue weighted by Crippen LogP contribution is 2.31. The van der Waals surface area contributed by atoms with Gasteiger partial charge in [-0.15, -0.1) is 0 Å². The van der Waals surface area contributed by atoms with Crippen LogP contribution < -0.4 is 15.6 Å². The Morgan fingerprint density at radius 1 is 0.906 bits per heavy atom. The molecule has 6 nitrogen and oxygen atoms in total. The molecular weight excluding hydrogens is 423 g/mol. The van der Waals surface area contributed by atoms with E-state index in [-0.39, 0.29) is 12.2 Å². The zero-order chi connectivity index (χ0) is 23.1. The molecule has 0 bridgehead atoms. The van der Waals surface area contributed by atoms with Gasteiger partial charge in [-0.25, -0.2) is 0 Å². The van der Waals surface area contributed by atoms with Crippen molar-refractivity contribution >= 4 is 11.8 Å². The van der Waals surface area contributed by atoms with Gasteiger partial charge in [-0.2, -0.15) is 18.4 Å². The van der Waals surface area contributed by atoms with Crippen molar-refractivity contribution in [2.75, 3.05) is 6.61 Å². The molecule has 0 aromatic heterocycles. The molecule has 0 saturated carbocycles. The summed E-state index contributed by atoms with van der Waals surface area (Å²) in [6, 6.07) is 18.8. The van der Waals surface area contributed by atoms with Crippen LogP contribution in [0.2, 0.25) is 0 Å². The fraction of sp³-hybridized carbons (Fsp3) is 0.0870. The van der Waals surface area contributed by atoms with Crippen LogP contribution in [-0.2, 0) is 11.0 Å². The van der Waals surface area contributed by atoms with Crippen molar-refractivity contribution < 1.29 is 27.5 Å². The number of nitrogens with zero attached hydrogens (tertiary/aromatic N) is 1. The van der Waals surface area contributed by atoms with E-state index in [0.29, 0.717) is 22.4 Å². The number of halogens is 3. The summed E-state index contributed by atoms with van der Waals surface area (Å²) in [5.74, 6) is -0.903. The number of nitrogens with one attached hydrogen (secondary N) is 2. The van der Waals surface area contributed by atoms with Gasteiger partial charge in [0.25, 0.3) is 11.8 Å². The van der Waals surface area contributed by atoms with Crippen molar-refractivity contribution in [3.05, 3.63) is 89.5 Å². The molecule has 2 amide bonds. The fourth-order valence-corrected chi connectivity index (χ4v) is 2.78. The highest BCUT2D eigenvalue weighted by Gasteiger charge is 2.30. The van der Waals surface area contributed by atoms with Gasteiger partial charge >= 0.3 is 6.18 Å². The standard InChI is InChI=1S/C23H16F3N3O3/c24-23(25,26)17-9-7-16(8-10-17)19-3-1-2-4-20(19)22(31)29-28-21(30)14-32-18-11-5-15(13-27)6-12-18/h1-12H,14H2,(H,28,30)(H,29,31). The van der Waals surface area contributed by atoms with Crippen molar-refractivity contribution in [3.8, 4) is 22.9 Å². The van der Waals surface area contributed by atoms with Crippen LogP contribution in [0.1, 0.15) is 21.5 Å². The predicted molar refractivity (Wildman–Crippen MR) is 109 cm³/mol. The van der Waals surface area contributed by atoms with Crippen LogP contribution in [0, 0.1) is 11.3 Å². The number of carbonyl (C=O) groups is 2. The topological polar surface area (TPSA) is 91.2 Å². The number of rotatable bonds is 5. The van der Waals surface area contributed by atoms with Crippen molar-refractivity contribution in [3.63, 3.8) is 0 Å². The molecule has 162 valence electrons. The molecule has 0 saturated heterocycles. The number of benzene rings is 3. The molecule has 0 unspecified atom stereocenters. The second-order valence-corrected chi connectivity index (χ2v) is 6.55. The zero-order valence-corrected chi connectivity index (χ0v) is 16.4. The average Bonchev–Trinajstić information content (AvgIpc) is 2.81. The van der Waals surface area contributed by atoms with Crippen LogP contribution in [0.15, 0.2) is 72.8 Å². The van der Waals surface area contributed by atoms with E-state index in [4.69, 9.17) is 10.00 Å². The summed E-state index contributed by atoms with van der Waals surface area (Å²) in [4.78, 5) is 24.5. The molecule has 0 aliphatic carbocycles. The third kappa shape index (κ3) is 5.64. The Morgan fingerprint density at radius 3 is 2.19 bits per heavy atom. The fourth-order valence-electron chi connectivity index (χ4n) is 2.78. The highest BCUT2D eigenvalue weighted by molar-refractivity contribution is 6.01. The molecule has 0 aliphatic rings. The van der Waals surface area contributed by atoms with E-state index in [9.17, 15) is 22.8 Å². The number of alkyl halides is 3. The van der Waals surface area contributed by atoms with E-state index in [2.05, 4.69) is 10.9 Å². The van der Waals surface area contributed by atoms with Gasteiger partial charge in [0.2, 0.25) is 0 Å². The Morgan fingerprint density at radius 2 is 1.56 bits per heavy atom. The maximum Gasteiger partial charge on any atom is 0.416 e. The molecule has 0 heterocycles. The minimum absolute atomic E-state index is 0.167. The molecular formula is C23H16F3N3O3. The number of hydrogen-bond acceptors (Lipinski definition) is 4. The maximum atomic E-state index is 12.8. The van der Waals surface area contributed by atoms with Crippen molar-refractivity contribution in [1.82, 2.24) is 10.9 Å². The van der Waals surface area contributed by atoms with Crippen LogP contribution in [0.5, 0.6) is 5.75 Å². The molecule has 0 radical (unpaired) electrons. The molecule has 2 N–H and O–H groups in total. The van der Waals surface area contributed by atoms with Gasteiger partial charge in [0, 0.05) is 5.56 Å². The predicted octanol–water partition coefficient (Wildman–Crippen LogP) is 4.08. The van der Waals surface area contributed by atoms with Gasteiger partial charge in [-0.1, -0.05) is 30.3 Å². The first-order chi connectivity index (χ1) is 15.3. The lowest BCUT2D eigenvalue weighted by Crippen LogP contribution is -2.44. The first kappa shape index (κ1) is 22.4. The number of carbonyl (C=O) groups excluding carboxylic acids is 2. The third-order valence-electron chi connectivity index (χ3n) is 4.36. The Labute approximate surface area is 181 Å². The third-order valence-corrected chi connectivity index (χ3v) is 4.36. The van der Waals surface area contributed by atoms with E-state index in [0.717, 1.165) is 12.1 Å². The van der Waals surface area contributed by atoms with E-state index < -0.39 is 23.6 Å². The highest BCUT2D eigenvalue weighted by atomic mass is 19.4. The van der Waals surface area contributed by atoms with Crippen LogP contribution in [0.4, 0.5) is 13.2 Å². The number of amides is 2. The lowest BCUT2D eigenvalue weighted by Gasteiger charge is -2.13. The summed E-state index contributed by atoms with van der Waals surface area (Å²) >= 11 is 0. The van der Waals surface area contributed by atoms with Crippen molar-refractivity contribution in [1.29, 1.82) is 5.26 Å². The second-order valence-electron chi connectivity index (χ2n) is 6.55. The lowest BCUT2D eigenvalue weighted by atomic mass is 9.98. The average molecular weight is 439 g/mol. The molecule has 32 heavy (non-hydrogen) atoms. The SMILES string of the molecule is N#Cc1ccc(OCC(=O)NNC(=O)c2ccccc2-c2ccc(C(F)(F)F)cc2)cc1. The van der Waals surface area contributed by atoms with Crippen molar-refractivity contribution in [2.45, 2.75) is 6.18 Å². The second kappa shape index (κ2) is 9.66. The summed E-state index contributed by atoms with van der Waals surface area (Å²) in [7, 11) is 0. The first-order valence-electron chi connectivity index (χ1n) is 9.27. The Hall–Kier alpha value is -4.32. The number of ether oxygens (including phenoxy) is 1. The molecule has 0 atom stereocenters. The van der Waals surface area contributed by atoms with E-state index >= 15 is 0 Å². The minimum Gasteiger partial charge on any atom is -0.484 e. The number of hydrazine groups is 1. The van der Waals surface area contributed by atoms with Gasteiger partial charge in [0.05, 0.1) is 17.2 Å². The van der Waals surface area contributed by atoms with Crippen LogP contribution in [-0.4, -0.2) is 18.4 Å². The lowest BCUT2D eigenvalue weighted by molar-refractivity contribution is -0.137. The Balaban J connectivity index is 1.62. The van der Waals surface area contributed by atoms with Crippen LogP contribution in [0.3, 0.4) is 0 Å². The van der Waals surface area contributed by atoms with Gasteiger partial charge < -0.3 is 4.74 Å². The number of nitriles is 1. The van der Waals surface area contributed by atoms with Crippen LogP contribution in [0.25, 0.3) is 11.1 Å². The minimum atomic E-state index is -4.46. The van der Waals surface area contributed by atoms with E-state index in [1.54, 1.807) is 18.2 Å². The molecule has 0 spiro atoms. The van der Waals surface area contributed by atoms with Crippen LogP contribution >= 0.6 is 0 Å². The first-order valence-corrected chi connectivity index (χ1v) is 9.27. The van der Waals surface area contributed by atoms with Gasteiger partial charge in [0.1, 0.15) is 5.75 Å². The molecule has 9 heteroatoms. The Kier molecular flexibility index (Phi) is 6.75. The summed E-state index contributed by atoms with van der Waals surface area (Å²) in [6.07, 6.45) is -4.46. The number of hydrogen-bond donors (Lipinski definition) is 2. The zero-order valence-electron chi connectivity index (χ0n) is 16.4. The van der Waals surface area contributed by atoms with Gasteiger partial charge in [-0.05, 0) is 53.6 Å². The summed E-state index contributed by atoms with van der Waals surface area (Å²) in [5.41, 5.74) is 5.11. The van der Waals surface area contributed by atoms with Crippen molar-refractivity contribution in [2.24, 2.45) is 0 Å². The summed E-state index contributed by atoms with van der Waals surface area (Å²) in [6.45, 7) is -0.382. The maximum absolute atomic E-state index is 12.8. The van der Waals surface area contributed by atoms with E-state index in [1.807, 2.05) is 6.07 Å². The summed E-state index contributed by atoms with van der Waals surface area (Å²) in [5, 5.41) is 8.76. The largest absolute Gasteiger partial charge is 0.484 e. The smallest absolute Gasteiger partial charge is 0.416 e. The summed E-state index contributed by atoms with van der Waals surface area (Å²) < 4.78 is 43.6. The molecule has 0 aliphatic heterocycles. The molecule has 3 aromatic carbocycles. The monoisotopic (exact) mass is 439 g/mol. The molecule has 0 fully saturated rings.